The van der Waals surface area contributed by atoms with Crippen molar-refractivity contribution in [1.29, 1.82) is 0 Å². The third-order valence-corrected chi connectivity index (χ3v) is 4.17. The summed E-state index contributed by atoms with van der Waals surface area (Å²) in [6.45, 7) is 8.37. The molecular formula is C17H26N2O. The van der Waals surface area contributed by atoms with Gasteiger partial charge in [-0.25, -0.2) is 0 Å². The summed E-state index contributed by atoms with van der Waals surface area (Å²) < 4.78 is 0. The van der Waals surface area contributed by atoms with Crippen molar-refractivity contribution in [3.8, 4) is 0 Å². The molecule has 0 aliphatic carbocycles. The molecule has 1 heterocycles. The Labute approximate surface area is 122 Å². The van der Waals surface area contributed by atoms with E-state index < -0.39 is 0 Å². The minimum Gasteiger partial charge on any atom is -0.325 e. The van der Waals surface area contributed by atoms with Gasteiger partial charge in [0, 0.05) is 12.2 Å². The highest BCUT2D eigenvalue weighted by molar-refractivity contribution is 5.94. The number of likely N-dealkylation sites (tertiary alicyclic amines) is 1. The maximum Gasteiger partial charge on any atom is 0.228 e. The van der Waals surface area contributed by atoms with Gasteiger partial charge in [-0.2, -0.15) is 0 Å². The van der Waals surface area contributed by atoms with Crippen LogP contribution in [0.3, 0.4) is 0 Å². The lowest BCUT2D eigenvalue weighted by atomic mass is 9.95. The van der Waals surface area contributed by atoms with Gasteiger partial charge in [0.05, 0.1) is 5.92 Å². The summed E-state index contributed by atoms with van der Waals surface area (Å²) in [5, 5.41) is 3.18. The molecule has 0 saturated carbocycles. The van der Waals surface area contributed by atoms with Crippen LogP contribution in [-0.2, 0) is 4.79 Å². The highest BCUT2D eigenvalue weighted by Gasteiger charge is 2.25. The highest BCUT2D eigenvalue weighted by Crippen LogP contribution is 2.28. The fraction of sp³-hybridized carbons (Fsp3) is 0.588. The van der Waals surface area contributed by atoms with Crippen molar-refractivity contribution in [3.05, 3.63) is 29.3 Å². The van der Waals surface area contributed by atoms with Gasteiger partial charge in [0.2, 0.25) is 5.91 Å². The highest BCUT2D eigenvalue weighted by atomic mass is 16.1. The molecule has 1 aliphatic heterocycles. The Bertz CT molecular complexity index is 482. The van der Waals surface area contributed by atoms with E-state index in [-0.39, 0.29) is 11.8 Å². The van der Waals surface area contributed by atoms with Crippen molar-refractivity contribution < 1.29 is 4.79 Å². The van der Waals surface area contributed by atoms with Gasteiger partial charge in [0.1, 0.15) is 0 Å². The van der Waals surface area contributed by atoms with E-state index in [1.807, 2.05) is 0 Å². The second-order valence-corrected chi connectivity index (χ2v) is 6.28. The van der Waals surface area contributed by atoms with Crippen LogP contribution in [0.5, 0.6) is 0 Å². The summed E-state index contributed by atoms with van der Waals surface area (Å²) in [4.78, 5) is 14.7. The van der Waals surface area contributed by atoms with E-state index >= 15 is 0 Å². The number of piperidine rings is 1. The summed E-state index contributed by atoms with van der Waals surface area (Å²) in [5.74, 6) is 0.709. The first-order valence-corrected chi connectivity index (χ1v) is 7.58. The van der Waals surface area contributed by atoms with Gasteiger partial charge in [-0.05, 0) is 50.4 Å². The second-order valence-electron chi connectivity index (χ2n) is 6.28. The number of amides is 1. The maximum absolute atomic E-state index is 12.5. The van der Waals surface area contributed by atoms with Gasteiger partial charge in [-0.3, -0.25) is 4.79 Å². The SMILES string of the molecule is Cc1cccc(C(C)C)c1NC(=O)C1CCCN(C)C1. The Morgan fingerprint density at radius 2 is 2.15 bits per heavy atom. The Hall–Kier alpha value is -1.35. The van der Waals surface area contributed by atoms with Crippen LogP contribution in [0.15, 0.2) is 18.2 Å². The van der Waals surface area contributed by atoms with Crippen molar-refractivity contribution in [1.82, 2.24) is 4.90 Å². The molecule has 1 unspecified atom stereocenters. The molecule has 1 fully saturated rings. The van der Waals surface area contributed by atoms with E-state index in [1.54, 1.807) is 0 Å². The zero-order valence-corrected chi connectivity index (χ0v) is 13.1. The van der Waals surface area contributed by atoms with E-state index in [0.29, 0.717) is 5.92 Å². The number of carbonyl (C=O) groups is 1. The predicted molar refractivity (Wildman–Crippen MR) is 84.1 cm³/mol. The van der Waals surface area contributed by atoms with Crippen LogP contribution in [0.4, 0.5) is 5.69 Å². The molecule has 1 amide bonds. The molecule has 0 bridgehead atoms. The lowest BCUT2D eigenvalue weighted by Crippen LogP contribution is -2.38. The van der Waals surface area contributed by atoms with Crippen LogP contribution in [0.25, 0.3) is 0 Å². The summed E-state index contributed by atoms with van der Waals surface area (Å²) in [6.07, 6.45) is 2.11. The van der Waals surface area contributed by atoms with E-state index in [0.717, 1.165) is 37.2 Å². The van der Waals surface area contributed by atoms with Crippen LogP contribution in [-0.4, -0.2) is 30.9 Å². The zero-order valence-electron chi connectivity index (χ0n) is 13.1. The van der Waals surface area contributed by atoms with Gasteiger partial charge in [-0.1, -0.05) is 32.0 Å². The maximum atomic E-state index is 12.5. The second kappa shape index (κ2) is 6.40. The minimum absolute atomic E-state index is 0.119. The van der Waals surface area contributed by atoms with Crippen molar-refractivity contribution in [2.45, 2.75) is 39.5 Å². The number of anilines is 1. The van der Waals surface area contributed by atoms with E-state index in [4.69, 9.17) is 0 Å². The van der Waals surface area contributed by atoms with E-state index in [9.17, 15) is 4.79 Å². The Morgan fingerprint density at radius 3 is 2.80 bits per heavy atom. The standard InChI is InChI=1S/C17H26N2O/c1-12(2)15-9-5-7-13(3)16(15)18-17(20)14-8-6-10-19(4)11-14/h5,7,9,12,14H,6,8,10-11H2,1-4H3,(H,18,20). The number of aryl methyl sites for hydroxylation is 1. The molecule has 0 aromatic heterocycles. The van der Waals surface area contributed by atoms with E-state index in [1.165, 1.54) is 5.56 Å². The van der Waals surface area contributed by atoms with Gasteiger partial charge in [0.15, 0.2) is 0 Å². The number of nitrogens with one attached hydrogen (secondary N) is 1. The smallest absolute Gasteiger partial charge is 0.228 e. The van der Waals surface area contributed by atoms with Crippen LogP contribution in [0.2, 0.25) is 0 Å². The largest absolute Gasteiger partial charge is 0.325 e. The van der Waals surface area contributed by atoms with E-state index in [2.05, 4.69) is 56.2 Å². The monoisotopic (exact) mass is 274 g/mol. The van der Waals surface area contributed by atoms with Gasteiger partial charge < -0.3 is 10.2 Å². The Kier molecular flexibility index (Phi) is 4.81. The summed E-state index contributed by atoms with van der Waals surface area (Å²) in [6, 6.07) is 6.24. The molecule has 1 aliphatic rings. The van der Waals surface area contributed by atoms with Crippen molar-refractivity contribution >= 4 is 11.6 Å². The number of carbonyl (C=O) groups excluding carboxylic acids is 1. The molecular weight excluding hydrogens is 248 g/mol. The topological polar surface area (TPSA) is 32.3 Å². The van der Waals surface area contributed by atoms with Gasteiger partial charge in [-0.15, -0.1) is 0 Å². The van der Waals surface area contributed by atoms with Crippen LogP contribution >= 0.6 is 0 Å². The van der Waals surface area contributed by atoms with Crippen molar-refractivity contribution in [3.63, 3.8) is 0 Å². The molecule has 3 heteroatoms. The summed E-state index contributed by atoms with van der Waals surface area (Å²) in [7, 11) is 2.09. The first-order valence-electron chi connectivity index (χ1n) is 7.58. The number of para-hydroxylation sites is 1. The molecule has 1 saturated heterocycles. The molecule has 1 aromatic carbocycles. The molecule has 1 aromatic rings. The van der Waals surface area contributed by atoms with Crippen molar-refractivity contribution in [2.24, 2.45) is 5.92 Å². The molecule has 0 spiro atoms. The number of benzene rings is 1. The lowest BCUT2D eigenvalue weighted by molar-refractivity contribution is -0.121. The van der Waals surface area contributed by atoms with Gasteiger partial charge in [0.25, 0.3) is 0 Å². The fourth-order valence-electron chi connectivity index (χ4n) is 2.95. The fourth-order valence-corrected chi connectivity index (χ4v) is 2.95. The number of hydrogen-bond acceptors (Lipinski definition) is 2. The first-order chi connectivity index (χ1) is 9.49. The molecule has 3 nitrogen and oxygen atoms in total. The van der Waals surface area contributed by atoms with Crippen LogP contribution in [0, 0.1) is 12.8 Å². The quantitative estimate of drug-likeness (QED) is 0.916. The number of nitrogens with zero attached hydrogens (tertiary/aromatic N) is 1. The number of rotatable bonds is 3. The third-order valence-electron chi connectivity index (χ3n) is 4.17. The predicted octanol–water partition coefficient (Wildman–Crippen LogP) is 3.40. The Morgan fingerprint density at radius 1 is 1.40 bits per heavy atom. The molecule has 2 rings (SSSR count). The lowest BCUT2D eigenvalue weighted by Gasteiger charge is -2.29. The molecule has 110 valence electrons. The zero-order chi connectivity index (χ0) is 14.7. The molecule has 1 atom stereocenters. The Balaban J connectivity index is 2.15. The normalized spacial score (nSPS) is 20.1. The van der Waals surface area contributed by atoms with Crippen LogP contribution in [0.1, 0.15) is 43.7 Å². The number of hydrogen-bond donors (Lipinski definition) is 1. The molecule has 20 heavy (non-hydrogen) atoms. The molecule has 0 radical (unpaired) electrons. The van der Waals surface area contributed by atoms with Gasteiger partial charge >= 0.3 is 0 Å². The summed E-state index contributed by atoms with van der Waals surface area (Å²) >= 11 is 0. The minimum atomic E-state index is 0.119. The summed E-state index contributed by atoms with van der Waals surface area (Å²) in [5.41, 5.74) is 3.39. The first kappa shape index (κ1) is 15.0. The van der Waals surface area contributed by atoms with Crippen LogP contribution < -0.4 is 5.32 Å². The average molecular weight is 274 g/mol. The molecule has 1 N–H and O–H groups in total. The third kappa shape index (κ3) is 3.40. The van der Waals surface area contributed by atoms with Crippen molar-refractivity contribution in [2.75, 3.05) is 25.5 Å². The average Bonchev–Trinajstić information content (AvgIpc) is 2.40.